The number of benzene rings is 2. The van der Waals surface area contributed by atoms with E-state index in [-0.39, 0.29) is 36.9 Å². The van der Waals surface area contributed by atoms with Crippen molar-refractivity contribution in [3.8, 4) is 5.75 Å². The van der Waals surface area contributed by atoms with E-state index >= 15 is 0 Å². The summed E-state index contributed by atoms with van der Waals surface area (Å²) in [4.78, 5) is 54.5. The van der Waals surface area contributed by atoms with Crippen LogP contribution in [0.25, 0.3) is 0 Å². The summed E-state index contributed by atoms with van der Waals surface area (Å²) in [6, 6.07) is 10.5. The molecular weight excluding hydrogens is 660 g/mol. The fourth-order valence-electron chi connectivity index (χ4n) is 5.98. The Hall–Kier alpha value is -3.93. The third-order valence-corrected chi connectivity index (χ3v) is 9.99. The predicted molar refractivity (Wildman–Crippen MR) is 191 cm³/mol. The minimum atomic E-state index is -1.14. The van der Waals surface area contributed by atoms with Crippen LogP contribution in [-0.4, -0.2) is 61.1 Å². The minimum Gasteiger partial charge on any atom is -0.495 e. The molecule has 0 bridgehead atoms. The zero-order valence-corrected chi connectivity index (χ0v) is 30.7. The number of epoxide rings is 1. The minimum absolute atomic E-state index is 0.0676. The summed E-state index contributed by atoms with van der Waals surface area (Å²) in [5.41, 5.74) is 7.33. The van der Waals surface area contributed by atoms with E-state index in [0.29, 0.717) is 29.3 Å². The molecule has 3 unspecified atom stereocenters. The van der Waals surface area contributed by atoms with Gasteiger partial charge < -0.3 is 35.9 Å². The normalized spacial score (nSPS) is 27.4. The van der Waals surface area contributed by atoms with Crippen LogP contribution in [0.5, 0.6) is 5.75 Å². The van der Waals surface area contributed by atoms with Crippen LogP contribution in [0.2, 0.25) is 5.02 Å². The number of esters is 1. The monoisotopic (exact) mass is 710 g/mol. The van der Waals surface area contributed by atoms with Crippen LogP contribution < -0.4 is 26.4 Å². The fourth-order valence-corrected chi connectivity index (χ4v) is 6.26. The second kappa shape index (κ2) is 16.9. The third-order valence-electron chi connectivity index (χ3n) is 9.69. The molecule has 5 N–H and O–H groups in total. The molecule has 2 aliphatic heterocycles. The van der Waals surface area contributed by atoms with Gasteiger partial charge >= 0.3 is 5.97 Å². The number of nitrogens with one attached hydrogen (secondary N) is 3. The Balaban J connectivity index is 1.63. The first-order valence-electron chi connectivity index (χ1n) is 17.2. The maximum atomic E-state index is 13.8. The second-order valence-corrected chi connectivity index (χ2v) is 14.7. The van der Waals surface area contributed by atoms with Crippen LogP contribution in [0, 0.1) is 17.3 Å². The first-order chi connectivity index (χ1) is 23.6. The Labute approximate surface area is 300 Å². The van der Waals surface area contributed by atoms with Gasteiger partial charge in [0.15, 0.2) is 0 Å². The van der Waals surface area contributed by atoms with Crippen molar-refractivity contribution in [3.05, 3.63) is 76.3 Å². The summed E-state index contributed by atoms with van der Waals surface area (Å²) in [6.45, 7) is 11.4. The number of amides is 3. The highest BCUT2D eigenvalue weighted by Crippen LogP contribution is 2.45. The number of ether oxygens (including phenoxy) is 3. The highest BCUT2D eigenvalue weighted by Gasteiger charge is 2.48. The van der Waals surface area contributed by atoms with Gasteiger partial charge in [0.1, 0.15) is 30.0 Å². The molecule has 0 radical (unpaired) electrons. The molecule has 3 amide bonds. The van der Waals surface area contributed by atoms with E-state index in [0.717, 1.165) is 11.1 Å². The number of halogens is 1. The van der Waals surface area contributed by atoms with Gasteiger partial charge in [-0.25, -0.2) is 4.79 Å². The molecule has 0 saturated carbocycles. The molecule has 12 heteroatoms. The maximum absolute atomic E-state index is 13.8. The largest absolute Gasteiger partial charge is 0.495 e. The van der Waals surface area contributed by atoms with Crippen molar-refractivity contribution in [1.29, 1.82) is 0 Å². The molecule has 2 heterocycles. The molecule has 2 aromatic rings. The topological polar surface area (TPSA) is 161 Å². The van der Waals surface area contributed by atoms with Crippen molar-refractivity contribution in [2.24, 2.45) is 23.0 Å². The van der Waals surface area contributed by atoms with Crippen LogP contribution in [0.3, 0.4) is 0 Å². The van der Waals surface area contributed by atoms with Crippen molar-refractivity contribution in [1.82, 2.24) is 16.0 Å². The van der Waals surface area contributed by atoms with E-state index in [4.69, 9.17) is 31.5 Å². The van der Waals surface area contributed by atoms with Crippen LogP contribution >= 0.6 is 11.6 Å². The number of hydrogen-bond acceptors (Lipinski definition) is 8. The van der Waals surface area contributed by atoms with Gasteiger partial charge in [-0.2, -0.15) is 0 Å². The van der Waals surface area contributed by atoms with Crippen molar-refractivity contribution in [3.63, 3.8) is 0 Å². The summed E-state index contributed by atoms with van der Waals surface area (Å²) in [7, 11) is 1.51. The number of carbonyl (C=O) groups excluding carboxylic acids is 4. The summed E-state index contributed by atoms with van der Waals surface area (Å²) in [5, 5.41) is 9.01. The summed E-state index contributed by atoms with van der Waals surface area (Å²) >= 11 is 6.35. The lowest BCUT2D eigenvalue weighted by Gasteiger charge is -2.34. The lowest BCUT2D eigenvalue weighted by Crippen LogP contribution is -2.58. The van der Waals surface area contributed by atoms with Gasteiger partial charge in [-0.15, -0.1) is 0 Å². The Morgan fingerprint density at radius 3 is 2.28 bits per heavy atom. The van der Waals surface area contributed by atoms with Crippen LogP contribution in [-0.2, 0) is 41.6 Å². The number of methoxy groups -OCH3 is 1. The van der Waals surface area contributed by atoms with Gasteiger partial charge in [0, 0.05) is 31.3 Å². The van der Waals surface area contributed by atoms with E-state index in [9.17, 15) is 19.2 Å². The van der Waals surface area contributed by atoms with Gasteiger partial charge in [-0.05, 0) is 68.0 Å². The molecular formula is C38H51ClN4O7. The first-order valence-corrected chi connectivity index (χ1v) is 17.6. The average molecular weight is 711 g/mol. The molecule has 2 aromatic carbocycles. The zero-order chi connectivity index (χ0) is 36.7. The van der Waals surface area contributed by atoms with Gasteiger partial charge in [-0.3, -0.25) is 14.4 Å². The lowest BCUT2D eigenvalue weighted by atomic mass is 9.83. The van der Waals surface area contributed by atoms with Crippen molar-refractivity contribution in [2.45, 2.75) is 104 Å². The van der Waals surface area contributed by atoms with Crippen LogP contribution in [0.1, 0.15) is 77.2 Å². The number of rotatable bonds is 9. The van der Waals surface area contributed by atoms with Gasteiger partial charge in [0.05, 0.1) is 23.7 Å². The Morgan fingerprint density at radius 2 is 1.66 bits per heavy atom. The Kier molecular flexibility index (Phi) is 13.1. The summed E-state index contributed by atoms with van der Waals surface area (Å²) < 4.78 is 17.5. The highest BCUT2D eigenvalue weighted by atomic mass is 35.5. The summed E-state index contributed by atoms with van der Waals surface area (Å²) in [6.07, 6.45) is 2.58. The van der Waals surface area contributed by atoms with Crippen molar-refractivity contribution >= 4 is 35.3 Å². The van der Waals surface area contributed by atoms with Gasteiger partial charge in [0.25, 0.3) is 0 Å². The molecule has 4 rings (SSSR count). The van der Waals surface area contributed by atoms with E-state index in [1.165, 1.54) is 13.2 Å². The quantitative estimate of drug-likeness (QED) is 0.218. The van der Waals surface area contributed by atoms with E-state index in [1.54, 1.807) is 45.0 Å². The molecule has 1 saturated heterocycles. The number of carbonyl (C=O) groups is 4. The number of hydrogen-bond donors (Lipinski definition) is 4. The highest BCUT2D eigenvalue weighted by molar-refractivity contribution is 6.32. The van der Waals surface area contributed by atoms with Gasteiger partial charge in [0.2, 0.25) is 17.7 Å². The molecule has 2 aliphatic rings. The molecule has 11 nitrogen and oxygen atoms in total. The first kappa shape index (κ1) is 38.9. The van der Waals surface area contributed by atoms with Crippen LogP contribution in [0.15, 0.2) is 54.6 Å². The van der Waals surface area contributed by atoms with Crippen LogP contribution in [0.4, 0.5) is 0 Å². The molecule has 272 valence electrons. The smallest absolute Gasteiger partial charge is 0.328 e. The SMILES string of the molecule is COc1ccc(C[C@H]2NC(=O)/C=C\C[C@@H]([C@H](C)C3OC3c3ccc(CN)cc3)OC(=O)[C@H](CC(C)C)NC(=O)C(C)(C)C(C)NC2=O)cc1Cl. The van der Waals surface area contributed by atoms with Crippen molar-refractivity contribution < 1.29 is 33.4 Å². The van der Waals surface area contributed by atoms with E-state index in [2.05, 4.69) is 16.0 Å². The fraction of sp³-hybridized carbons (Fsp3) is 0.526. The Morgan fingerprint density at radius 1 is 0.980 bits per heavy atom. The van der Waals surface area contributed by atoms with Crippen molar-refractivity contribution in [2.75, 3.05) is 7.11 Å². The lowest BCUT2D eigenvalue weighted by molar-refractivity contribution is -0.157. The molecule has 0 aliphatic carbocycles. The molecule has 50 heavy (non-hydrogen) atoms. The molecule has 7 atom stereocenters. The zero-order valence-electron chi connectivity index (χ0n) is 30.0. The standard InChI is InChI=1S/C38H51ClN4O7/c1-21(2)17-29-36(46)49-30(22(3)33-34(50-33)26-14-11-24(20-40)12-15-26)9-8-10-32(44)42-28(19-25-13-16-31(48-7)27(39)18-25)35(45)41-23(4)38(5,6)37(47)43-29/h8,10-16,18,21-23,28-30,33-34H,9,17,19-20,40H2,1-7H3,(H,41,45)(H,42,44)(H,43,47)/b10-8-/t22-,23?,28+,29-,30-,33?,34?/m0/s1. The van der Waals surface area contributed by atoms with Gasteiger partial charge in [-0.1, -0.05) is 68.8 Å². The maximum Gasteiger partial charge on any atom is 0.328 e. The Bertz CT molecular complexity index is 1560. The van der Waals surface area contributed by atoms with E-state index in [1.807, 2.05) is 45.0 Å². The molecule has 1 fully saturated rings. The predicted octanol–water partition coefficient (Wildman–Crippen LogP) is 4.54. The molecule has 0 aromatic heterocycles. The third kappa shape index (κ3) is 9.86. The summed E-state index contributed by atoms with van der Waals surface area (Å²) in [5.74, 6) is -1.66. The number of cyclic esters (lactones) is 1. The van der Waals surface area contributed by atoms with E-state index < -0.39 is 53.3 Å². The molecule has 0 spiro atoms. The second-order valence-electron chi connectivity index (χ2n) is 14.3. The number of nitrogens with two attached hydrogens (primary N) is 1. The average Bonchev–Trinajstić information content (AvgIpc) is 3.87.